The number of amides is 1. The highest BCUT2D eigenvalue weighted by Crippen LogP contribution is 2.12. The number of rotatable bonds is 4. The van der Waals surface area contributed by atoms with Gasteiger partial charge in [-0.3, -0.25) is 0 Å². The second-order valence-electron chi connectivity index (χ2n) is 2.51. The summed E-state index contributed by atoms with van der Waals surface area (Å²) in [6, 6.07) is 0. The fourth-order valence-electron chi connectivity index (χ4n) is 0.809. The van der Waals surface area contributed by atoms with Gasteiger partial charge in [-0.15, -0.1) is 12.3 Å². The zero-order chi connectivity index (χ0) is 9.56. The molecule has 1 atom stereocenters. The number of carboxylic acid groups (broad SMARTS) is 1. The highest BCUT2D eigenvalue weighted by Gasteiger charge is 2.13. The van der Waals surface area contributed by atoms with Gasteiger partial charge in [0, 0.05) is 13.0 Å². The number of terminal acetylenes is 1. The molecule has 0 saturated heterocycles. The fraction of sp³-hybridized carbons (Fsp3) is 0.625. The van der Waals surface area contributed by atoms with Crippen molar-refractivity contribution in [3.63, 3.8) is 0 Å². The van der Waals surface area contributed by atoms with Crippen molar-refractivity contribution in [2.75, 3.05) is 6.54 Å². The van der Waals surface area contributed by atoms with Gasteiger partial charge in [-0.25, -0.2) is 7.91 Å². The standard InChI is InChI=1S/C8H12INO2/c1-3-5-7(4-2)6-10(9)8(11)12/h1,7H,4-6H2,2H3,(H,11,12). The molecule has 1 amide bonds. The van der Waals surface area contributed by atoms with Crippen LogP contribution in [0.3, 0.4) is 0 Å². The van der Waals surface area contributed by atoms with Crippen LogP contribution >= 0.6 is 22.9 Å². The topological polar surface area (TPSA) is 40.5 Å². The maximum absolute atomic E-state index is 10.4. The zero-order valence-electron chi connectivity index (χ0n) is 6.96. The van der Waals surface area contributed by atoms with E-state index < -0.39 is 6.09 Å². The van der Waals surface area contributed by atoms with Crippen LogP contribution in [0.15, 0.2) is 0 Å². The summed E-state index contributed by atoms with van der Waals surface area (Å²) in [5.74, 6) is 2.82. The predicted molar refractivity (Wildman–Crippen MR) is 56.0 cm³/mol. The Hall–Kier alpha value is -0.440. The van der Waals surface area contributed by atoms with Crippen molar-refractivity contribution in [1.82, 2.24) is 3.11 Å². The highest BCUT2D eigenvalue weighted by atomic mass is 127. The van der Waals surface area contributed by atoms with Gasteiger partial charge in [0.15, 0.2) is 0 Å². The first-order valence-electron chi connectivity index (χ1n) is 3.71. The van der Waals surface area contributed by atoms with Crippen molar-refractivity contribution in [2.24, 2.45) is 5.92 Å². The first-order chi connectivity index (χ1) is 5.61. The van der Waals surface area contributed by atoms with E-state index in [0.717, 1.165) is 6.42 Å². The van der Waals surface area contributed by atoms with E-state index in [-0.39, 0.29) is 5.92 Å². The molecule has 3 nitrogen and oxygen atoms in total. The van der Waals surface area contributed by atoms with E-state index >= 15 is 0 Å². The quantitative estimate of drug-likeness (QED) is 0.488. The lowest BCUT2D eigenvalue weighted by Gasteiger charge is -2.16. The van der Waals surface area contributed by atoms with Gasteiger partial charge < -0.3 is 5.11 Å². The van der Waals surface area contributed by atoms with Crippen LogP contribution in [0.4, 0.5) is 4.79 Å². The number of hydrogen-bond acceptors (Lipinski definition) is 1. The predicted octanol–water partition coefficient (Wildman–Crippen LogP) is 2.37. The molecule has 68 valence electrons. The van der Waals surface area contributed by atoms with E-state index in [1.807, 2.05) is 6.92 Å². The molecule has 0 aromatic heterocycles. The second-order valence-corrected chi connectivity index (χ2v) is 3.67. The maximum atomic E-state index is 10.4. The van der Waals surface area contributed by atoms with E-state index in [9.17, 15) is 4.79 Å². The van der Waals surface area contributed by atoms with Gasteiger partial charge in [0.2, 0.25) is 0 Å². The van der Waals surface area contributed by atoms with Crippen molar-refractivity contribution in [3.8, 4) is 12.3 Å². The molecule has 4 heteroatoms. The molecule has 1 unspecified atom stereocenters. The maximum Gasteiger partial charge on any atom is 0.416 e. The first kappa shape index (κ1) is 11.6. The number of halogens is 1. The Labute approximate surface area is 86.6 Å². The van der Waals surface area contributed by atoms with Gasteiger partial charge in [0.1, 0.15) is 0 Å². The SMILES string of the molecule is C#CCC(CC)CN(I)C(=O)O. The normalized spacial score (nSPS) is 11.8. The van der Waals surface area contributed by atoms with Crippen molar-refractivity contribution in [3.05, 3.63) is 0 Å². The molecule has 0 fully saturated rings. The average Bonchev–Trinajstić information content (AvgIpc) is 2.03. The number of nitrogens with zero attached hydrogens (tertiary/aromatic N) is 1. The smallest absolute Gasteiger partial charge is 0.416 e. The first-order valence-corrected chi connectivity index (χ1v) is 4.68. The molecule has 0 aliphatic heterocycles. The van der Waals surface area contributed by atoms with Crippen molar-refractivity contribution >= 4 is 29.0 Å². The molecule has 12 heavy (non-hydrogen) atoms. The van der Waals surface area contributed by atoms with Crippen molar-refractivity contribution in [2.45, 2.75) is 19.8 Å². The van der Waals surface area contributed by atoms with Gasteiger partial charge in [0.25, 0.3) is 0 Å². The molecule has 0 radical (unpaired) electrons. The van der Waals surface area contributed by atoms with Crippen LogP contribution in [-0.4, -0.2) is 20.9 Å². The average molecular weight is 281 g/mol. The minimum atomic E-state index is -0.911. The molecule has 0 aliphatic carbocycles. The Morgan fingerprint density at radius 1 is 1.83 bits per heavy atom. The summed E-state index contributed by atoms with van der Waals surface area (Å²) in [7, 11) is 0. The van der Waals surface area contributed by atoms with Gasteiger partial charge >= 0.3 is 6.09 Å². The van der Waals surface area contributed by atoms with E-state index in [1.165, 1.54) is 3.11 Å². The lowest BCUT2D eigenvalue weighted by Crippen LogP contribution is -2.24. The fourth-order valence-corrected chi connectivity index (χ4v) is 1.37. The van der Waals surface area contributed by atoms with E-state index in [4.69, 9.17) is 11.5 Å². The summed E-state index contributed by atoms with van der Waals surface area (Å²) in [6.45, 7) is 2.52. The van der Waals surface area contributed by atoms with Crippen LogP contribution in [0, 0.1) is 18.3 Å². The Kier molecular flexibility index (Phi) is 5.89. The summed E-state index contributed by atoms with van der Waals surface area (Å²) >= 11 is 1.77. The summed E-state index contributed by atoms with van der Waals surface area (Å²) < 4.78 is 1.24. The van der Waals surface area contributed by atoms with Crippen LogP contribution in [0.2, 0.25) is 0 Å². The summed E-state index contributed by atoms with van der Waals surface area (Å²) in [5, 5.41) is 8.56. The Bertz CT molecular complexity index is 188. The van der Waals surface area contributed by atoms with Gasteiger partial charge in [-0.05, 0) is 5.92 Å². The van der Waals surface area contributed by atoms with Gasteiger partial charge in [-0.2, -0.15) is 0 Å². The third-order valence-electron chi connectivity index (χ3n) is 1.61. The molecule has 0 aliphatic rings. The van der Waals surface area contributed by atoms with E-state index in [0.29, 0.717) is 13.0 Å². The third kappa shape index (κ3) is 4.44. The molecule has 0 rings (SSSR count). The Morgan fingerprint density at radius 3 is 2.75 bits per heavy atom. The minimum Gasteiger partial charge on any atom is -0.464 e. The largest absolute Gasteiger partial charge is 0.464 e. The molecule has 0 aromatic carbocycles. The van der Waals surface area contributed by atoms with Crippen LogP contribution in [0.5, 0.6) is 0 Å². The van der Waals surface area contributed by atoms with Crippen LogP contribution < -0.4 is 0 Å². The summed E-state index contributed by atoms with van der Waals surface area (Å²) in [5.41, 5.74) is 0. The molecule has 0 heterocycles. The third-order valence-corrected chi connectivity index (χ3v) is 2.42. The summed E-state index contributed by atoms with van der Waals surface area (Å²) in [6.07, 6.45) is 5.78. The minimum absolute atomic E-state index is 0.281. The van der Waals surface area contributed by atoms with E-state index in [2.05, 4.69) is 5.92 Å². The van der Waals surface area contributed by atoms with Crippen LogP contribution in [-0.2, 0) is 0 Å². The zero-order valence-corrected chi connectivity index (χ0v) is 9.11. The Balaban J connectivity index is 3.86. The number of hydrogen-bond donors (Lipinski definition) is 1. The molecule has 0 aromatic rings. The molecule has 1 N–H and O–H groups in total. The monoisotopic (exact) mass is 281 g/mol. The van der Waals surface area contributed by atoms with Crippen LogP contribution in [0.1, 0.15) is 19.8 Å². The molecule has 0 saturated carbocycles. The van der Waals surface area contributed by atoms with E-state index in [1.54, 1.807) is 22.9 Å². The van der Waals surface area contributed by atoms with Crippen molar-refractivity contribution in [1.29, 1.82) is 0 Å². The molecule has 0 bridgehead atoms. The van der Waals surface area contributed by atoms with Crippen LogP contribution in [0.25, 0.3) is 0 Å². The van der Waals surface area contributed by atoms with Crippen molar-refractivity contribution < 1.29 is 9.90 Å². The lowest BCUT2D eigenvalue weighted by molar-refractivity contribution is 0.175. The molecular formula is C8H12INO2. The Morgan fingerprint density at radius 2 is 2.42 bits per heavy atom. The lowest BCUT2D eigenvalue weighted by atomic mass is 10.0. The van der Waals surface area contributed by atoms with Gasteiger partial charge in [0.05, 0.1) is 22.9 Å². The van der Waals surface area contributed by atoms with Gasteiger partial charge in [-0.1, -0.05) is 13.3 Å². The second kappa shape index (κ2) is 6.12. The molecule has 0 spiro atoms. The highest BCUT2D eigenvalue weighted by molar-refractivity contribution is 14.1. The summed E-state index contributed by atoms with van der Waals surface area (Å²) in [4.78, 5) is 10.4. The molecular weight excluding hydrogens is 269 g/mol. The number of carbonyl (C=O) groups is 1.